The molecule has 2 rings (SSSR count). The summed E-state index contributed by atoms with van der Waals surface area (Å²) in [5.41, 5.74) is 5.82. The molecule has 19 heavy (non-hydrogen) atoms. The summed E-state index contributed by atoms with van der Waals surface area (Å²) in [6.45, 7) is 4.83. The van der Waals surface area contributed by atoms with E-state index in [1.54, 1.807) is 6.20 Å². The zero-order valence-corrected chi connectivity index (χ0v) is 11.5. The third-order valence-electron chi connectivity index (χ3n) is 3.46. The molecule has 2 heterocycles. The second kappa shape index (κ2) is 6.73. The first-order chi connectivity index (χ1) is 9.29. The zero-order chi connectivity index (χ0) is 13.6. The fourth-order valence-corrected chi connectivity index (χ4v) is 2.21. The predicted octanol–water partition coefficient (Wildman–Crippen LogP) is 1.79. The van der Waals surface area contributed by atoms with Crippen LogP contribution >= 0.6 is 0 Å². The minimum Gasteiger partial charge on any atom is -0.490 e. The molecular weight excluding hydrogens is 242 g/mol. The van der Waals surface area contributed by atoms with Gasteiger partial charge in [-0.1, -0.05) is 6.92 Å². The van der Waals surface area contributed by atoms with Crippen molar-refractivity contribution < 1.29 is 9.47 Å². The van der Waals surface area contributed by atoms with Crippen molar-refractivity contribution in [2.75, 3.05) is 31.7 Å². The van der Waals surface area contributed by atoms with Crippen molar-refractivity contribution in [2.24, 2.45) is 5.73 Å². The fraction of sp³-hybridized carbons (Fsp3) is 0.643. The quantitative estimate of drug-likeness (QED) is 0.820. The van der Waals surface area contributed by atoms with Crippen LogP contribution in [0.15, 0.2) is 18.3 Å². The smallest absolute Gasteiger partial charge is 0.169 e. The van der Waals surface area contributed by atoms with Crippen LogP contribution < -0.4 is 15.8 Å². The second-order valence-electron chi connectivity index (χ2n) is 4.92. The maximum Gasteiger partial charge on any atom is 0.169 e. The van der Waals surface area contributed by atoms with Gasteiger partial charge in [0, 0.05) is 26.0 Å². The summed E-state index contributed by atoms with van der Waals surface area (Å²) in [5, 5.41) is 3.48. The fourth-order valence-electron chi connectivity index (χ4n) is 2.21. The summed E-state index contributed by atoms with van der Waals surface area (Å²) in [7, 11) is 0. The van der Waals surface area contributed by atoms with Crippen LogP contribution in [0.5, 0.6) is 5.75 Å². The molecule has 0 aromatic carbocycles. The molecule has 5 nitrogen and oxygen atoms in total. The number of pyridine rings is 1. The van der Waals surface area contributed by atoms with Crippen molar-refractivity contribution in [1.82, 2.24) is 4.98 Å². The maximum atomic E-state index is 5.95. The normalized spacial score (nSPS) is 18.0. The summed E-state index contributed by atoms with van der Waals surface area (Å²) >= 11 is 0. The van der Waals surface area contributed by atoms with Crippen molar-refractivity contribution in [3.8, 4) is 5.75 Å². The highest BCUT2D eigenvalue weighted by atomic mass is 16.5. The largest absolute Gasteiger partial charge is 0.490 e. The Morgan fingerprint density at radius 3 is 2.95 bits per heavy atom. The van der Waals surface area contributed by atoms with Crippen LogP contribution in [-0.2, 0) is 4.74 Å². The number of ether oxygens (including phenoxy) is 2. The maximum absolute atomic E-state index is 5.95. The van der Waals surface area contributed by atoms with Crippen molar-refractivity contribution in [1.29, 1.82) is 0 Å². The van der Waals surface area contributed by atoms with Gasteiger partial charge in [0.15, 0.2) is 11.6 Å². The molecule has 1 aromatic heterocycles. The van der Waals surface area contributed by atoms with Crippen LogP contribution in [0.25, 0.3) is 0 Å². The molecule has 0 unspecified atom stereocenters. The Morgan fingerprint density at radius 2 is 2.26 bits per heavy atom. The standard InChI is InChI=1S/C14H23N3O2/c1-2-8-19-12-4-3-7-16-13(12)17-14(11-15)5-9-18-10-6-14/h3-4,7H,2,5-6,8-11,15H2,1H3,(H,16,17). The Hall–Kier alpha value is -1.33. The second-order valence-corrected chi connectivity index (χ2v) is 4.92. The molecular formula is C14H23N3O2. The number of nitrogens with two attached hydrogens (primary N) is 1. The molecule has 5 heteroatoms. The van der Waals surface area contributed by atoms with E-state index < -0.39 is 0 Å². The van der Waals surface area contributed by atoms with E-state index in [1.165, 1.54) is 0 Å². The molecule has 0 radical (unpaired) electrons. The van der Waals surface area contributed by atoms with Crippen molar-refractivity contribution in [2.45, 2.75) is 31.7 Å². The van der Waals surface area contributed by atoms with Crippen molar-refractivity contribution in [3.05, 3.63) is 18.3 Å². The summed E-state index contributed by atoms with van der Waals surface area (Å²) in [6, 6.07) is 3.82. The van der Waals surface area contributed by atoms with Gasteiger partial charge >= 0.3 is 0 Å². The molecule has 1 aliphatic rings. The lowest BCUT2D eigenvalue weighted by atomic mass is 9.90. The predicted molar refractivity (Wildman–Crippen MR) is 75.5 cm³/mol. The Morgan fingerprint density at radius 1 is 1.47 bits per heavy atom. The Bertz CT molecular complexity index is 392. The molecule has 0 amide bonds. The van der Waals surface area contributed by atoms with Crippen LogP contribution in [0.4, 0.5) is 5.82 Å². The third kappa shape index (κ3) is 3.58. The number of nitrogens with zero attached hydrogens (tertiary/aromatic N) is 1. The Kier molecular flexibility index (Phi) is 4.99. The molecule has 0 atom stereocenters. The van der Waals surface area contributed by atoms with Gasteiger partial charge in [0.05, 0.1) is 12.1 Å². The van der Waals surface area contributed by atoms with E-state index in [0.29, 0.717) is 13.2 Å². The van der Waals surface area contributed by atoms with E-state index in [2.05, 4.69) is 17.2 Å². The van der Waals surface area contributed by atoms with Gasteiger partial charge in [-0.25, -0.2) is 4.98 Å². The number of hydrogen-bond donors (Lipinski definition) is 2. The Balaban J connectivity index is 2.12. The monoisotopic (exact) mass is 265 g/mol. The van der Waals surface area contributed by atoms with E-state index in [9.17, 15) is 0 Å². The lowest BCUT2D eigenvalue weighted by Crippen LogP contribution is -2.49. The van der Waals surface area contributed by atoms with Gasteiger partial charge in [-0.3, -0.25) is 0 Å². The lowest BCUT2D eigenvalue weighted by molar-refractivity contribution is 0.0626. The van der Waals surface area contributed by atoms with Crippen LogP contribution in [0.1, 0.15) is 26.2 Å². The molecule has 1 aromatic rings. The first kappa shape index (κ1) is 14.1. The molecule has 1 saturated heterocycles. The van der Waals surface area contributed by atoms with Gasteiger partial charge in [-0.2, -0.15) is 0 Å². The number of nitrogens with one attached hydrogen (secondary N) is 1. The minimum atomic E-state index is -0.128. The van der Waals surface area contributed by atoms with Crippen molar-refractivity contribution >= 4 is 5.82 Å². The molecule has 0 bridgehead atoms. The van der Waals surface area contributed by atoms with Gasteiger partial charge in [-0.05, 0) is 31.4 Å². The van der Waals surface area contributed by atoms with Gasteiger partial charge in [0.1, 0.15) is 0 Å². The summed E-state index contributed by atoms with van der Waals surface area (Å²) in [6.07, 6.45) is 4.54. The summed E-state index contributed by atoms with van der Waals surface area (Å²) < 4.78 is 11.1. The number of rotatable bonds is 6. The molecule has 1 aliphatic heterocycles. The number of hydrogen-bond acceptors (Lipinski definition) is 5. The molecule has 106 valence electrons. The number of anilines is 1. The topological polar surface area (TPSA) is 69.4 Å². The minimum absolute atomic E-state index is 0.128. The van der Waals surface area contributed by atoms with E-state index in [-0.39, 0.29) is 5.54 Å². The van der Waals surface area contributed by atoms with Crippen LogP contribution in [-0.4, -0.2) is 36.9 Å². The number of aromatic nitrogens is 1. The SMILES string of the molecule is CCCOc1cccnc1NC1(CN)CCOCC1. The highest BCUT2D eigenvalue weighted by molar-refractivity contribution is 5.51. The first-order valence-corrected chi connectivity index (χ1v) is 6.93. The summed E-state index contributed by atoms with van der Waals surface area (Å²) in [4.78, 5) is 4.39. The molecule has 0 saturated carbocycles. The molecule has 1 fully saturated rings. The average molecular weight is 265 g/mol. The summed E-state index contributed by atoms with van der Waals surface area (Å²) in [5.74, 6) is 1.58. The van der Waals surface area contributed by atoms with E-state index >= 15 is 0 Å². The van der Waals surface area contributed by atoms with Gasteiger partial charge in [-0.15, -0.1) is 0 Å². The average Bonchev–Trinajstić information content (AvgIpc) is 2.47. The highest BCUT2D eigenvalue weighted by Gasteiger charge is 2.32. The van der Waals surface area contributed by atoms with Gasteiger partial charge in [0.2, 0.25) is 0 Å². The highest BCUT2D eigenvalue weighted by Crippen LogP contribution is 2.29. The van der Waals surface area contributed by atoms with Crippen LogP contribution in [0.3, 0.4) is 0 Å². The molecule has 0 spiro atoms. The Labute approximate surface area is 114 Å². The van der Waals surface area contributed by atoms with E-state index in [0.717, 1.165) is 44.0 Å². The van der Waals surface area contributed by atoms with E-state index in [1.807, 2.05) is 12.1 Å². The van der Waals surface area contributed by atoms with Gasteiger partial charge < -0.3 is 20.5 Å². The van der Waals surface area contributed by atoms with Crippen LogP contribution in [0, 0.1) is 0 Å². The first-order valence-electron chi connectivity index (χ1n) is 6.93. The lowest BCUT2D eigenvalue weighted by Gasteiger charge is -2.37. The molecule has 0 aliphatic carbocycles. The van der Waals surface area contributed by atoms with Crippen LogP contribution in [0.2, 0.25) is 0 Å². The third-order valence-corrected chi connectivity index (χ3v) is 3.46. The van der Waals surface area contributed by atoms with Gasteiger partial charge in [0.25, 0.3) is 0 Å². The molecule has 3 N–H and O–H groups in total. The van der Waals surface area contributed by atoms with Crippen molar-refractivity contribution in [3.63, 3.8) is 0 Å². The zero-order valence-electron chi connectivity index (χ0n) is 11.5. The van der Waals surface area contributed by atoms with E-state index in [4.69, 9.17) is 15.2 Å².